The number of unbranched alkanes of at least 4 members (excludes halogenated alkanes) is 23. The van der Waals surface area contributed by atoms with E-state index in [0.717, 1.165) is 103 Å². The molecule has 0 saturated heterocycles. The number of esters is 1. The van der Waals surface area contributed by atoms with E-state index in [2.05, 4.69) is 123 Å². The zero-order chi connectivity index (χ0) is 48.1. The van der Waals surface area contributed by atoms with Crippen LogP contribution in [-0.2, 0) is 14.3 Å². The third-order valence-electron chi connectivity index (χ3n) is 12.0. The normalized spacial score (nSPS) is 14.0. The van der Waals surface area contributed by atoms with Crippen molar-refractivity contribution in [3.63, 3.8) is 0 Å². The van der Waals surface area contributed by atoms with Crippen LogP contribution in [0.25, 0.3) is 0 Å². The van der Waals surface area contributed by atoms with Crippen molar-refractivity contribution >= 4 is 11.9 Å². The summed E-state index contributed by atoms with van der Waals surface area (Å²) in [4.78, 5) is 26.2. The van der Waals surface area contributed by atoms with Crippen LogP contribution in [0.4, 0.5) is 0 Å². The van der Waals surface area contributed by atoms with Gasteiger partial charge in [0, 0.05) is 6.42 Å². The molecule has 0 bridgehead atoms. The first-order valence-electron chi connectivity index (χ1n) is 27.5. The van der Waals surface area contributed by atoms with E-state index in [1.165, 1.54) is 96.3 Å². The largest absolute Gasteiger partial charge is 0.462 e. The quantitative estimate of drug-likeness (QED) is 0.0245. The predicted molar refractivity (Wildman–Crippen MR) is 287 cm³/mol. The summed E-state index contributed by atoms with van der Waals surface area (Å²) in [7, 11) is 0. The lowest BCUT2D eigenvalue weighted by atomic mass is 10.0. The van der Waals surface area contributed by atoms with Crippen LogP contribution in [0.3, 0.4) is 0 Å². The molecule has 0 aromatic carbocycles. The fourth-order valence-corrected chi connectivity index (χ4v) is 7.85. The van der Waals surface area contributed by atoms with Gasteiger partial charge in [-0.2, -0.15) is 0 Å². The van der Waals surface area contributed by atoms with E-state index in [9.17, 15) is 19.8 Å². The summed E-state index contributed by atoms with van der Waals surface area (Å²) >= 11 is 0. The van der Waals surface area contributed by atoms with Gasteiger partial charge in [-0.1, -0.05) is 246 Å². The standard InChI is InChI=1S/C60H103NO5/c1-4-7-10-13-16-19-22-25-28-29-30-32-35-38-41-44-47-50-53-60(65)66-56(51-48-45-42-39-36-33-27-24-21-18-15-12-9-6-3)54-59(64)61-57(55-62)58(63)52-49-46-43-40-37-34-31-26-23-20-17-14-11-8-5-2/h9,12,16,18-19,21-22,25,27-30,32-33,39,42,56-58,62-63H,4-8,10-11,13-15,17,20,23-24,26,31,34-38,40-41,43-55H2,1-3H3,(H,61,64)/b12-9+,19-16+,21-18+,25-22+,29-28+,32-30+,33-27+,42-39+. The lowest BCUT2D eigenvalue weighted by Gasteiger charge is -2.24. The van der Waals surface area contributed by atoms with Crippen LogP contribution < -0.4 is 5.32 Å². The Morgan fingerprint density at radius 1 is 0.470 bits per heavy atom. The molecule has 0 aromatic heterocycles. The Balaban J connectivity index is 4.69. The molecule has 3 unspecified atom stereocenters. The lowest BCUT2D eigenvalue weighted by Crippen LogP contribution is -2.46. The third kappa shape index (κ3) is 47.3. The minimum atomic E-state index is -0.812. The monoisotopic (exact) mass is 918 g/mol. The third-order valence-corrected chi connectivity index (χ3v) is 12.0. The van der Waals surface area contributed by atoms with E-state index >= 15 is 0 Å². The SMILES string of the molecule is CC/C=C/C/C=C/C/C=C/C/C=C/CCCC(CC(=O)NC(CO)C(O)CCCCCCCCCCCCCCCCC)OC(=O)CCCCCCC/C=C/C=C/C=C/C=C/CCCCC. The van der Waals surface area contributed by atoms with Crippen molar-refractivity contribution in [2.45, 2.75) is 264 Å². The van der Waals surface area contributed by atoms with Crippen molar-refractivity contribution in [2.24, 2.45) is 0 Å². The Bertz CT molecular complexity index is 1310. The highest BCUT2D eigenvalue weighted by atomic mass is 16.5. The zero-order valence-corrected chi connectivity index (χ0v) is 43.0. The molecule has 378 valence electrons. The number of nitrogens with one attached hydrogen (secondary N) is 1. The molecule has 0 aliphatic carbocycles. The van der Waals surface area contributed by atoms with Crippen molar-refractivity contribution < 1.29 is 24.5 Å². The van der Waals surface area contributed by atoms with Crippen LogP contribution in [0.5, 0.6) is 0 Å². The van der Waals surface area contributed by atoms with Gasteiger partial charge in [-0.25, -0.2) is 0 Å². The van der Waals surface area contributed by atoms with E-state index in [0.29, 0.717) is 19.3 Å². The maximum atomic E-state index is 13.2. The van der Waals surface area contributed by atoms with Crippen LogP contribution in [0, 0.1) is 0 Å². The molecule has 0 rings (SSSR count). The van der Waals surface area contributed by atoms with Gasteiger partial charge >= 0.3 is 5.97 Å². The molecule has 0 saturated carbocycles. The smallest absolute Gasteiger partial charge is 0.306 e. The first-order chi connectivity index (χ1) is 32.5. The minimum absolute atomic E-state index is 0.0251. The highest BCUT2D eigenvalue weighted by Gasteiger charge is 2.24. The lowest BCUT2D eigenvalue weighted by molar-refractivity contribution is -0.151. The molecule has 0 radical (unpaired) electrons. The topological polar surface area (TPSA) is 95.9 Å². The van der Waals surface area contributed by atoms with Crippen molar-refractivity contribution in [1.82, 2.24) is 5.32 Å². The summed E-state index contributed by atoms with van der Waals surface area (Å²) in [6.07, 6.45) is 70.4. The Hall–Kier alpha value is -3.22. The van der Waals surface area contributed by atoms with E-state index in [1.54, 1.807) is 0 Å². The number of amides is 1. The second-order valence-corrected chi connectivity index (χ2v) is 18.3. The highest BCUT2D eigenvalue weighted by molar-refractivity contribution is 5.77. The summed E-state index contributed by atoms with van der Waals surface area (Å²) in [5.41, 5.74) is 0. The molecule has 6 heteroatoms. The predicted octanol–water partition coefficient (Wildman–Crippen LogP) is 16.9. The van der Waals surface area contributed by atoms with Gasteiger partial charge in [0.05, 0.1) is 25.2 Å². The number of allylic oxidation sites excluding steroid dienone is 16. The number of carbonyl (C=O) groups is 2. The number of hydrogen-bond donors (Lipinski definition) is 3. The van der Waals surface area contributed by atoms with Gasteiger partial charge in [0.1, 0.15) is 6.10 Å². The van der Waals surface area contributed by atoms with Gasteiger partial charge in [-0.15, -0.1) is 0 Å². The molecule has 0 fully saturated rings. The Morgan fingerprint density at radius 3 is 1.42 bits per heavy atom. The van der Waals surface area contributed by atoms with Gasteiger partial charge in [-0.05, 0) is 83.5 Å². The average molecular weight is 918 g/mol. The molecule has 0 spiro atoms. The van der Waals surface area contributed by atoms with Crippen molar-refractivity contribution in [2.75, 3.05) is 6.61 Å². The molecule has 66 heavy (non-hydrogen) atoms. The molecule has 0 aliphatic heterocycles. The Morgan fingerprint density at radius 2 is 0.894 bits per heavy atom. The van der Waals surface area contributed by atoms with Gasteiger partial charge in [0.2, 0.25) is 5.91 Å². The van der Waals surface area contributed by atoms with E-state index in [4.69, 9.17) is 4.74 Å². The molecular weight excluding hydrogens is 815 g/mol. The minimum Gasteiger partial charge on any atom is -0.462 e. The molecule has 0 aliphatic rings. The summed E-state index contributed by atoms with van der Waals surface area (Å²) in [5, 5.41) is 23.8. The maximum absolute atomic E-state index is 13.2. The molecule has 3 atom stereocenters. The first kappa shape index (κ1) is 62.8. The van der Waals surface area contributed by atoms with Crippen LogP contribution in [0.1, 0.15) is 245 Å². The van der Waals surface area contributed by atoms with Crippen molar-refractivity contribution in [1.29, 1.82) is 0 Å². The Labute approximate surface area is 407 Å². The van der Waals surface area contributed by atoms with Crippen molar-refractivity contribution in [3.8, 4) is 0 Å². The zero-order valence-electron chi connectivity index (χ0n) is 43.0. The molecule has 0 heterocycles. The Kier molecular flexibility index (Phi) is 50.2. The summed E-state index contributed by atoms with van der Waals surface area (Å²) in [6, 6.07) is -0.730. The number of aliphatic hydroxyl groups excluding tert-OH is 2. The molecule has 3 N–H and O–H groups in total. The number of hydrogen-bond acceptors (Lipinski definition) is 5. The highest BCUT2D eigenvalue weighted by Crippen LogP contribution is 2.17. The summed E-state index contributed by atoms with van der Waals surface area (Å²) in [6.45, 7) is 6.32. The van der Waals surface area contributed by atoms with Crippen LogP contribution >= 0.6 is 0 Å². The average Bonchev–Trinajstić information content (AvgIpc) is 3.31. The van der Waals surface area contributed by atoms with E-state index < -0.39 is 18.2 Å². The molecular formula is C60H103NO5. The first-order valence-corrected chi connectivity index (χ1v) is 27.5. The number of aliphatic hydroxyl groups is 2. The van der Waals surface area contributed by atoms with Crippen LogP contribution in [0.2, 0.25) is 0 Å². The number of ether oxygens (including phenoxy) is 1. The van der Waals surface area contributed by atoms with Gasteiger partial charge in [-0.3, -0.25) is 9.59 Å². The van der Waals surface area contributed by atoms with E-state index in [-0.39, 0.29) is 24.9 Å². The molecule has 6 nitrogen and oxygen atoms in total. The fraction of sp³-hybridized carbons (Fsp3) is 0.700. The van der Waals surface area contributed by atoms with Gasteiger partial charge in [0.15, 0.2) is 0 Å². The fourth-order valence-electron chi connectivity index (χ4n) is 7.85. The number of carbonyl (C=O) groups excluding carboxylic acids is 2. The van der Waals surface area contributed by atoms with Gasteiger partial charge < -0.3 is 20.3 Å². The van der Waals surface area contributed by atoms with Crippen molar-refractivity contribution in [3.05, 3.63) is 97.2 Å². The van der Waals surface area contributed by atoms with Crippen LogP contribution in [0.15, 0.2) is 97.2 Å². The second kappa shape index (κ2) is 52.7. The summed E-state index contributed by atoms with van der Waals surface area (Å²) in [5.74, 6) is -0.559. The maximum Gasteiger partial charge on any atom is 0.306 e. The molecule has 1 amide bonds. The van der Waals surface area contributed by atoms with E-state index in [1.807, 2.05) is 0 Å². The summed E-state index contributed by atoms with van der Waals surface area (Å²) < 4.78 is 5.91. The second-order valence-electron chi connectivity index (χ2n) is 18.3. The van der Waals surface area contributed by atoms with Gasteiger partial charge in [0.25, 0.3) is 0 Å². The molecule has 0 aromatic rings. The number of rotatable bonds is 48. The van der Waals surface area contributed by atoms with Crippen LogP contribution in [-0.4, -0.2) is 46.9 Å².